The molecule has 1 aliphatic carbocycles. The number of thiophene rings is 2. The van der Waals surface area contributed by atoms with Crippen molar-refractivity contribution < 1.29 is 14.4 Å². The lowest BCUT2D eigenvalue weighted by Crippen LogP contribution is -2.39. The van der Waals surface area contributed by atoms with Crippen LogP contribution in [0.5, 0.6) is 0 Å². The van der Waals surface area contributed by atoms with E-state index in [0.717, 1.165) is 33.8 Å². The molecule has 0 atom stereocenters. The summed E-state index contributed by atoms with van der Waals surface area (Å²) in [5, 5.41) is 4.80. The van der Waals surface area contributed by atoms with Crippen molar-refractivity contribution in [2.24, 2.45) is 5.92 Å². The topological polar surface area (TPSA) is 60.9 Å². The Morgan fingerprint density at radius 1 is 1.24 bits per heavy atom. The Morgan fingerprint density at radius 2 is 2.07 bits per heavy atom. The van der Waals surface area contributed by atoms with E-state index in [0.29, 0.717) is 44.0 Å². The third-order valence-corrected chi connectivity index (χ3v) is 7.92. The molecular weight excluding hydrogens is 406 g/mol. The maximum Gasteiger partial charge on any atom is 0.257 e. The average molecular weight is 430 g/mol. The summed E-state index contributed by atoms with van der Waals surface area (Å²) in [7, 11) is 1.70. The number of fused-ring (bicyclic) bond motifs is 3. The molecule has 8 heteroatoms. The first-order valence-corrected chi connectivity index (χ1v) is 11.8. The van der Waals surface area contributed by atoms with E-state index in [4.69, 9.17) is 0 Å². The van der Waals surface area contributed by atoms with Crippen LogP contribution in [-0.4, -0.2) is 54.2 Å². The van der Waals surface area contributed by atoms with E-state index >= 15 is 0 Å². The minimum atomic E-state index is -0.0674. The molecule has 0 N–H and O–H groups in total. The second-order valence-electron chi connectivity index (χ2n) is 8.17. The van der Waals surface area contributed by atoms with Gasteiger partial charge in [0.2, 0.25) is 11.8 Å². The predicted octanol–water partition coefficient (Wildman–Crippen LogP) is 2.77. The Balaban J connectivity index is 1.45. The molecule has 0 radical (unpaired) electrons. The van der Waals surface area contributed by atoms with Crippen LogP contribution in [0.15, 0.2) is 16.8 Å². The van der Waals surface area contributed by atoms with Gasteiger partial charge in [0.15, 0.2) is 0 Å². The van der Waals surface area contributed by atoms with Crippen LogP contribution in [0.1, 0.15) is 39.2 Å². The zero-order valence-corrected chi connectivity index (χ0v) is 18.0. The molecule has 0 aromatic carbocycles. The molecule has 3 aliphatic rings. The lowest BCUT2D eigenvalue weighted by molar-refractivity contribution is -0.131. The molecule has 0 spiro atoms. The van der Waals surface area contributed by atoms with E-state index in [9.17, 15) is 14.4 Å². The summed E-state index contributed by atoms with van der Waals surface area (Å²) < 4.78 is 0. The highest BCUT2D eigenvalue weighted by Gasteiger charge is 2.39. The third kappa shape index (κ3) is 3.48. The first-order chi connectivity index (χ1) is 14.0. The standard InChI is InChI=1S/C21H23N3O3S2/c1-22-11-18(26)24(9-13-2-3-13)21-19(20(22)27)15-4-6-23(10-16(15)29-21)17(25)8-14-5-7-28-12-14/h5,7,12-13H,2-4,6,8-11H2,1H3. The van der Waals surface area contributed by atoms with E-state index in [-0.39, 0.29) is 24.3 Å². The van der Waals surface area contributed by atoms with Gasteiger partial charge in [0.05, 0.1) is 18.5 Å². The van der Waals surface area contributed by atoms with E-state index in [2.05, 4.69) is 0 Å². The Labute approximate surface area is 177 Å². The Hall–Kier alpha value is -2.19. The van der Waals surface area contributed by atoms with Crippen molar-refractivity contribution in [2.75, 3.05) is 31.6 Å². The van der Waals surface area contributed by atoms with Gasteiger partial charge >= 0.3 is 0 Å². The van der Waals surface area contributed by atoms with Gasteiger partial charge < -0.3 is 14.7 Å². The smallest absolute Gasteiger partial charge is 0.257 e. The zero-order valence-electron chi connectivity index (χ0n) is 16.3. The third-order valence-electron chi connectivity index (χ3n) is 5.94. The van der Waals surface area contributed by atoms with Gasteiger partial charge in [0.1, 0.15) is 11.5 Å². The summed E-state index contributed by atoms with van der Waals surface area (Å²) in [5.41, 5.74) is 2.78. The number of carbonyl (C=O) groups excluding carboxylic acids is 3. The summed E-state index contributed by atoms with van der Waals surface area (Å²) >= 11 is 3.13. The highest BCUT2D eigenvalue weighted by atomic mass is 32.1. The minimum Gasteiger partial charge on any atom is -0.337 e. The maximum absolute atomic E-state index is 13.1. The molecular formula is C21H23N3O3S2. The van der Waals surface area contributed by atoms with Crippen LogP contribution < -0.4 is 4.90 Å². The number of carbonyl (C=O) groups is 3. The largest absolute Gasteiger partial charge is 0.337 e. The molecule has 1 saturated carbocycles. The molecule has 6 nitrogen and oxygen atoms in total. The second-order valence-corrected chi connectivity index (χ2v) is 10.0. The normalized spacial score (nSPS) is 19.3. The number of likely N-dealkylation sites (N-methyl/N-ethyl adjacent to an activating group) is 1. The molecule has 0 saturated heterocycles. The lowest BCUT2D eigenvalue weighted by atomic mass is 10.0. The monoisotopic (exact) mass is 429 g/mol. The Kier molecular flexibility index (Phi) is 4.70. The fraction of sp³-hybridized carbons (Fsp3) is 0.476. The number of anilines is 1. The van der Waals surface area contributed by atoms with E-state index < -0.39 is 0 Å². The van der Waals surface area contributed by atoms with Crippen molar-refractivity contribution in [1.29, 1.82) is 0 Å². The van der Waals surface area contributed by atoms with Gasteiger partial charge in [-0.3, -0.25) is 14.4 Å². The van der Waals surface area contributed by atoms with Gasteiger partial charge in [0.25, 0.3) is 5.91 Å². The van der Waals surface area contributed by atoms with Crippen molar-refractivity contribution in [1.82, 2.24) is 9.80 Å². The fourth-order valence-electron chi connectivity index (χ4n) is 4.10. The Bertz CT molecular complexity index is 978. The molecule has 5 rings (SSSR count). The van der Waals surface area contributed by atoms with Crippen molar-refractivity contribution in [2.45, 2.75) is 32.2 Å². The second kappa shape index (κ2) is 7.25. The van der Waals surface area contributed by atoms with Crippen LogP contribution >= 0.6 is 22.7 Å². The highest BCUT2D eigenvalue weighted by molar-refractivity contribution is 7.17. The molecule has 3 amide bonds. The molecule has 2 aliphatic heterocycles. The predicted molar refractivity (Wildman–Crippen MR) is 114 cm³/mol. The van der Waals surface area contributed by atoms with E-state index in [1.165, 1.54) is 16.2 Å². The minimum absolute atomic E-state index is 0.00418. The molecule has 152 valence electrons. The van der Waals surface area contributed by atoms with Crippen LogP contribution in [-0.2, 0) is 29.0 Å². The van der Waals surface area contributed by atoms with Gasteiger partial charge in [-0.1, -0.05) is 0 Å². The van der Waals surface area contributed by atoms with Crippen LogP contribution in [0.4, 0.5) is 5.00 Å². The van der Waals surface area contributed by atoms with Crippen molar-refractivity contribution in [3.63, 3.8) is 0 Å². The van der Waals surface area contributed by atoms with Crippen LogP contribution in [0.3, 0.4) is 0 Å². The number of hydrogen-bond acceptors (Lipinski definition) is 5. The molecule has 1 fully saturated rings. The van der Waals surface area contributed by atoms with E-state index in [1.807, 2.05) is 26.6 Å². The van der Waals surface area contributed by atoms with Crippen LogP contribution in [0.2, 0.25) is 0 Å². The van der Waals surface area contributed by atoms with Gasteiger partial charge in [-0.05, 0) is 53.1 Å². The fourth-order valence-corrected chi connectivity index (χ4v) is 6.15. The SMILES string of the molecule is CN1CC(=O)N(CC2CC2)c2sc3c(c2C1=O)CCN(C(=O)Cc1ccsc1)C3. The van der Waals surface area contributed by atoms with Crippen LogP contribution in [0.25, 0.3) is 0 Å². The van der Waals surface area contributed by atoms with Gasteiger partial charge in [-0.2, -0.15) is 11.3 Å². The van der Waals surface area contributed by atoms with Crippen molar-refractivity contribution >= 4 is 45.4 Å². The van der Waals surface area contributed by atoms with Crippen molar-refractivity contribution in [3.05, 3.63) is 38.4 Å². The zero-order chi connectivity index (χ0) is 20.1. The highest BCUT2D eigenvalue weighted by Crippen LogP contribution is 2.43. The molecule has 4 heterocycles. The summed E-state index contributed by atoms with van der Waals surface area (Å²) in [4.78, 5) is 45.0. The Morgan fingerprint density at radius 3 is 2.79 bits per heavy atom. The first kappa shape index (κ1) is 18.8. The van der Waals surface area contributed by atoms with Crippen LogP contribution in [0, 0.1) is 5.92 Å². The first-order valence-electron chi connectivity index (χ1n) is 10.0. The summed E-state index contributed by atoms with van der Waals surface area (Å²) in [5.74, 6) is 0.595. The maximum atomic E-state index is 13.1. The average Bonchev–Trinajstić information content (AvgIpc) is 3.25. The van der Waals surface area contributed by atoms with Gasteiger partial charge in [-0.25, -0.2) is 0 Å². The summed E-state index contributed by atoms with van der Waals surface area (Å²) in [6.07, 6.45) is 3.39. The van der Waals surface area contributed by atoms with Gasteiger partial charge in [0, 0.05) is 25.0 Å². The van der Waals surface area contributed by atoms with Crippen molar-refractivity contribution in [3.8, 4) is 0 Å². The molecule has 2 aromatic heterocycles. The van der Waals surface area contributed by atoms with E-state index in [1.54, 1.807) is 18.4 Å². The number of nitrogens with zero attached hydrogens (tertiary/aromatic N) is 3. The molecule has 29 heavy (non-hydrogen) atoms. The molecule has 0 unspecified atom stereocenters. The van der Waals surface area contributed by atoms with Gasteiger partial charge in [-0.15, -0.1) is 11.3 Å². The molecule has 2 aromatic rings. The lowest BCUT2D eigenvalue weighted by Gasteiger charge is -2.27. The summed E-state index contributed by atoms with van der Waals surface area (Å²) in [6, 6.07) is 1.99. The quantitative estimate of drug-likeness (QED) is 0.751. The summed E-state index contributed by atoms with van der Waals surface area (Å²) in [6.45, 7) is 1.98. The number of rotatable bonds is 4. The molecule has 0 bridgehead atoms. The number of hydrogen-bond donors (Lipinski definition) is 0. The number of amides is 3.